The lowest BCUT2D eigenvalue weighted by Gasteiger charge is -2.32. The minimum atomic E-state index is -0.169. The number of hydrogen-bond donors (Lipinski definition) is 3. The van der Waals surface area contributed by atoms with Gasteiger partial charge in [-0.15, -0.1) is 0 Å². The summed E-state index contributed by atoms with van der Waals surface area (Å²) in [4.78, 5) is 29.1. The highest BCUT2D eigenvalue weighted by Gasteiger charge is 2.26. The maximum Gasteiger partial charge on any atom is 0.279 e. The molecule has 1 heterocycles. The first-order chi connectivity index (χ1) is 14.8. The summed E-state index contributed by atoms with van der Waals surface area (Å²) in [7, 11) is 1.86. The van der Waals surface area contributed by atoms with E-state index in [9.17, 15) is 14.0 Å². The van der Waals surface area contributed by atoms with Crippen LogP contribution in [0.1, 0.15) is 16.7 Å². The van der Waals surface area contributed by atoms with E-state index in [0.717, 1.165) is 40.4 Å². The Balaban J connectivity index is 1.42. The van der Waals surface area contributed by atoms with Crippen molar-refractivity contribution < 1.29 is 23.8 Å². The summed E-state index contributed by atoms with van der Waals surface area (Å²) in [5.74, 6) is -0.210. The Hall–Kier alpha value is -2.77. The molecule has 0 saturated carbocycles. The molecule has 0 aliphatic carbocycles. The molecule has 2 aromatic rings. The van der Waals surface area contributed by atoms with Crippen LogP contribution < -0.4 is 15.1 Å². The van der Waals surface area contributed by atoms with Crippen molar-refractivity contribution in [2.24, 2.45) is 0 Å². The monoisotopic (exact) mass is 428 g/mol. The Labute approximate surface area is 183 Å². The molecule has 1 aliphatic rings. The minimum absolute atomic E-state index is 0.0574. The molecule has 1 atom stereocenters. The quantitative estimate of drug-likeness (QED) is 0.573. The molecule has 2 aromatic carbocycles. The lowest BCUT2D eigenvalue weighted by molar-refractivity contribution is -0.918. The zero-order valence-corrected chi connectivity index (χ0v) is 18.6. The van der Waals surface area contributed by atoms with Gasteiger partial charge in [0.1, 0.15) is 12.4 Å². The van der Waals surface area contributed by atoms with Crippen LogP contribution in [0.4, 0.5) is 10.1 Å². The van der Waals surface area contributed by atoms with Gasteiger partial charge >= 0.3 is 0 Å². The number of nitrogens with one attached hydrogen (secondary N) is 3. The summed E-state index contributed by atoms with van der Waals surface area (Å²) in [6.45, 7) is 8.06. The topological polar surface area (TPSA) is 58.3 Å². The molecule has 0 bridgehead atoms. The van der Waals surface area contributed by atoms with Crippen LogP contribution in [0.3, 0.4) is 0 Å². The van der Waals surface area contributed by atoms with Crippen LogP contribution in [0.2, 0.25) is 0 Å². The standard InChI is InChI=1S/C24H31FN4O2/c1-18-7-6-10-22(19(18)2)26-23(30)16-27(3)17-24(31)29-13-11-28(12-14-29)15-20-8-4-5-9-21(20)25/h4-10H,11-17H2,1-3H3,(H,26,30)/p+2. The van der Waals surface area contributed by atoms with Crippen LogP contribution in [-0.4, -0.2) is 63.0 Å². The molecule has 1 fully saturated rings. The molecule has 166 valence electrons. The van der Waals surface area contributed by atoms with Crippen LogP contribution in [0.15, 0.2) is 42.5 Å². The van der Waals surface area contributed by atoms with E-state index in [1.165, 1.54) is 11.0 Å². The van der Waals surface area contributed by atoms with Gasteiger partial charge in [0, 0.05) is 11.3 Å². The molecular weight excluding hydrogens is 395 g/mol. The fourth-order valence-corrected chi connectivity index (χ4v) is 3.95. The van der Waals surface area contributed by atoms with Gasteiger partial charge in [-0.1, -0.05) is 30.3 Å². The van der Waals surface area contributed by atoms with Crippen molar-refractivity contribution in [1.82, 2.24) is 4.90 Å². The number of benzene rings is 2. The summed E-state index contributed by atoms with van der Waals surface area (Å²) in [6, 6.07) is 12.7. The van der Waals surface area contributed by atoms with Crippen molar-refractivity contribution >= 4 is 17.5 Å². The second-order valence-corrected chi connectivity index (χ2v) is 8.51. The second-order valence-electron chi connectivity index (χ2n) is 8.51. The van der Waals surface area contributed by atoms with Gasteiger partial charge in [0.15, 0.2) is 13.1 Å². The van der Waals surface area contributed by atoms with Gasteiger partial charge in [0.2, 0.25) is 0 Å². The zero-order valence-electron chi connectivity index (χ0n) is 18.6. The van der Waals surface area contributed by atoms with Crippen LogP contribution >= 0.6 is 0 Å². The largest absolute Gasteiger partial charge is 0.328 e. The average Bonchev–Trinajstić information content (AvgIpc) is 2.73. The summed E-state index contributed by atoms with van der Waals surface area (Å²) >= 11 is 0. The van der Waals surface area contributed by atoms with Crippen molar-refractivity contribution in [2.75, 3.05) is 51.6 Å². The maximum absolute atomic E-state index is 13.9. The number of anilines is 1. The number of halogens is 1. The van der Waals surface area contributed by atoms with Crippen molar-refractivity contribution in [3.05, 3.63) is 65.0 Å². The lowest BCUT2D eigenvalue weighted by atomic mass is 10.1. The molecular formula is C24H33FN4O2+2. The lowest BCUT2D eigenvalue weighted by Crippen LogP contribution is -3.14. The summed E-state index contributed by atoms with van der Waals surface area (Å²) in [6.07, 6.45) is 0. The fourth-order valence-electron chi connectivity index (χ4n) is 3.95. The third kappa shape index (κ3) is 6.35. The van der Waals surface area contributed by atoms with E-state index >= 15 is 0 Å². The molecule has 7 heteroatoms. The van der Waals surface area contributed by atoms with Gasteiger partial charge in [0.25, 0.3) is 11.8 Å². The smallest absolute Gasteiger partial charge is 0.279 e. The Morgan fingerprint density at radius 2 is 1.77 bits per heavy atom. The molecule has 1 unspecified atom stereocenters. The van der Waals surface area contributed by atoms with E-state index < -0.39 is 0 Å². The number of piperazine rings is 1. The normalized spacial score (nSPS) is 15.5. The van der Waals surface area contributed by atoms with Crippen molar-refractivity contribution in [3.8, 4) is 0 Å². The van der Waals surface area contributed by atoms with Gasteiger partial charge < -0.3 is 20.0 Å². The van der Waals surface area contributed by atoms with Gasteiger partial charge in [-0.2, -0.15) is 0 Å². The van der Waals surface area contributed by atoms with Crippen molar-refractivity contribution in [3.63, 3.8) is 0 Å². The number of amides is 2. The average molecular weight is 429 g/mol. The third-order valence-corrected chi connectivity index (χ3v) is 6.02. The highest BCUT2D eigenvalue weighted by molar-refractivity contribution is 5.92. The van der Waals surface area contributed by atoms with E-state index in [1.807, 2.05) is 56.1 Å². The van der Waals surface area contributed by atoms with E-state index in [1.54, 1.807) is 6.07 Å². The summed E-state index contributed by atoms with van der Waals surface area (Å²) in [5, 5.41) is 2.95. The molecule has 3 N–H and O–H groups in total. The first kappa shape index (κ1) is 22.9. The van der Waals surface area contributed by atoms with Gasteiger partial charge in [0.05, 0.1) is 33.2 Å². The predicted molar refractivity (Wildman–Crippen MR) is 119 cm³/mol. The van der Waals surface area contributed by atoms with Crippen molar-refractivity contribution in [2.45, 2.75) is 20.4 Å². The Kier molecular flexibility index (Phi) is 7.76. The van der Waals surface area contributed by atoms with E-state index in [2.05, 4.69) is 5.32 Å². The number of nitrogens with zero attached hydrogens (tertiary/aromatic N) is 1. The number of carbonyl (C=O) groups excluding carboxylic acids is 2. The fraction of sp³-hybridized carbons (Fsp3) is 0.417. The number of hydrogen-bond acceptors (Lipinski definition) is 2. The Morgan fingerprint density at radius 3 is 2.48 bits per heavy atom. The molecule has 3 rings (SSSR count). The van der Waals surface area contributed by atoms with Crippen LogP contribution in [0.5, 0.6) is 0 Å². The SMILES string of the molecule is Cc1cccc(NC(=O)C[NH+](C)CC(=O)N2CC[NH+](Cc3ccccc3F)CC2)c1C. The zero-order chi connectivity index (χ0) is 22.4. The van der Waals surface area contributed by atoms with Crippen LogP contribution in [0.25, 0.3) is 0 Å². The molecule has 6 nitrogen and oxygen atoms in total. The molecule has 1 aliphatic heterocycles. The van der Waals surface area contributed by atoms with E-state index in [-0.39, 0.29) is 30.7 Å². The summed E-state index contributed by atoms with van der Waals surface area (Å²) < 4.78 is 13.9. The number of carbonyl (C=O) groups is 2. The second kappa shape index (κ2) is 10.5. The molecule has 0 aromatic heterocycles. The van der Waals surface area contributed by atoms with Crippen molar-refractivity contribution in [1.29, 1.82) is 0 Å². The maximum atomic E-state index is 13.9. The van der Waals surface area contributed by atoms with Gasteiger partial charge in [-0.05, 0) is 37.1 Å². The Bertz CT molecular complexity index is 926. The van der Waals surface area contributed by atoms with Crippen LogP contribution in [0, 0.1) is 19.7 Å². The van der Waals surface area contributed by atoms with Crippen LogP contribution in [-0.2, 0) is 16.1 Å². The molecule has 31 heavy (non-hydrogen) atoms. The number of quaternary nitrogens is 2. The Morgan fingerprint density at radius 1 is 1.06 bits per heavy atom. The summed E-state index contributed by atoms with van der Waals surface area (Å²) in [5.41, 5.74) is 3.72. The predicted octanol–water partition coefficient (Wildman–Crippen LogP) is -0.177. The number of likely N-dealkylation sites (N-methyl/N-ethyl adjacent to an activating group) is 1. The first-order valence-corrected chi connectivity index (χ1v) is 10.9. The van der Waals surface area contributed by atoms with Gasteiger partial charge in [-0.25, -0.2) is 4.39 Å². The number of rotatable bonds is 7. The molecule has 2 amide bonds. The highest BCUT2D eigenvalue weighted by Crippen LogP contribution is 2.17. The minimum Gasteiger partial charge on any atom is -0.328 e. The third-order valence-electron chi connectivity index (χ3n) is 6.02. The first-order valence-electron chi connectivity index (χ1n) is 10.9. The molecule has 1 saturated heterocycles. The molecule has 0 radical (unpaired) electrons. The highest BCUT2D eigenvalue weighted by atomic mass is 19.1. The number of aryl methyl sites for hydroxylation is 1. The van der Waals surface area contributed by atoms with E-state index in [4.69, 9.17) is 0 Å². The molecule has 0 spiro atoms. The van der Waals surface area contributed by atoms with Gasteiger partial charge in [-0.3, -0.25) is 9.59 Å². The van der Waals surface area contributed by atoms with E-state index in [0.29, 0.717) is 19.6 Å².